The van der Waals surface area contributed by atoms with Crippen LogP contribution >= 0.6 is 0 Å². The van der Waals surface area contributed by atoms with Gasteiger partial charge in [0.25, 0.3) is 5.91 Å². The number of nitrogens with one attached hydrogen (secondary N) is 2. The van der Waals surface area contributed by atoms with E-state index in [0.29, 0.717) is 24.5 Å². The molecule has 1 atom stereocenters. The standard InChI is InChI=1S/C16H23N3O3/c1-11-5-8-14(22-11)16(2,21)10-17-9-12-6-7-13(18-12)15(20)19(3)4/h5-8,17-18,21H,9-10H2,1-4H3. The molecule has 0 saturated carbocycles. The normalized spacial score (nSPS) is 13.9. The van der Waals surface area contributed by atoms with Crippen LogP contribution < -0.4 is 5.32 Å². The van der Waals surface area contributed by atoms with Crippen molar-refractivity contribution in [2.24, 2.45) is 0 Å². The van der Waals surface area contributed by atoms with E-state index in [4.69, 9.17) is 4.42 Å². The Kier molecular flexibility index (Phi) is 4.73. The zero-order valence-electron chi connectivity index (χ0n) is 13.4. The number of aryl methyl sites for hydroxylation is 1. The van der Waals surface area contributed by atoms with Gasteiger partial charge in [0.05, 0.1) is 0 Å². The molecule has 0 saturated heterocycles. The lowest BCUT2D eigenvalue weighted by Crippen LogP contribution is -2.34. The zero-order valence-corrected chi connectivity index (χ0v) is 13.4. The number of rotatable bonds is 6. The van der Waals surface area contributed by atoms with Crippen molar-refractivity contribution >= 4 is 5.91 Å². The van der Waals surface area contributed by atoms with Gasteiger partial charge < -0.3 is 24.7 Å². The first-order valence-electron chi connectivity index (χ1n) is 7.19. The second-order valence-electron chi connectivity index (χ2n) is 5.88. The van der Waals surface area contributed by atoms with E-state index in [1.807, 2.05) is 19.1 Å². The Hall–Kier alpha value is -2.05. The molecule has 6 nitrogen and oxygen atoms in total. The first-order chi connectivity index (χ1) is 10.3. The van der Waals surface area contributed by atoms with Crippen molar-refractivity contribution in [2.75, 3.05) is 20.6 Å². The first kappa shape index (κ1) is 16.3. The quantitative estimate of drug-likeness (QED) is 0.757. The summed E-state index contributed by atoms with van der Waals surface area (Å²) in [6.45, 7) is 4.41. The predicted octanol–water partition coefficient (Wildman–Crippen LogP) is 1.62. The number of carbonyl (C=O) groups is 1. The Balaban J connectivity index is 1.90. The minimum Gasteiger partial charge on any atom is -0.463 e. The fourth-order valence-electron chi connectivity index (χ4n) is 2.16. The minimum atomic E-state index is -1.08. The van der Waals surface area contributed by atoms with Crippen molar-refractivity contribution in [3.63, 3.8) is 0 Å². The van der Waals surface area contributed by atoms with Crippen LogP contribution in [0.15, 0.2) is 28.7 Å². The van der Waals surface area contributed by atoms with Crippen molar-refractivity contribution in [1.82, 2.24) is 15.2 Å². The number of hydrogen-bond donors (Lipinski definition) is 3. The SMILES string of the molecule is Cc1ccc(C(C)(O)CNCc2ccc(C(=O)N(C)C)[nH]2)o1. The summed E-state index contributed by atoms with van der Waals surface area (Å²) < 4.78 is 5.46. The topological polar surface area (TPSA) is 81.5 Å². The van der Waals surface area contributed by atoms with Crippen LogP contribution in [0, 0.1) is 6.92 Å². The lowest BCUT2D eigenvalue weighted by molar-refractivity contribution is 0.0332. The van der Waals surface area contributed by atoms with Gasteiger partial charge in [0.2, 0.25) is 0 Å². The number of hydrogen-bond acceptors (Lipinski definition) is 4. The van der Waals surface area contributed by atoms with Crippen LogP contribution in [0.5, 0.6) is 0 Å². The maximum absolute atomic E-state index is 11.8. The second-order valence-corrected chi connectivity index (χ2v) is 5.88. The summed E-state index contributed by atoms with van der Waals surface area (Å²) in [5.41, 5.74) is 0.357. The van der Waals surface area contributed by atoms with E-state index < -0.39 is 5.60 Å². The van der Waals surface area contributed by atoms with Crippen LogP contribution in [0.4, 0.5) is 0 Å². The van der Waals surface area contributed by atoms with Crippen molar-refractivity contribution in [1.29, 1.82) is 0 Å². The molecule has 1 unspecified atom stereocenters. The fourth-order valence-corrected chi connectivity index (χ4v) is 2.16. The Labute approximate surface area is 130 Å². The largest absolute Gasteiger partial charge is 0.463 e. The summed E-state index contributed by atoms with van der Waals surface area (Å²) in [6.07, 6.45) is 0. The van der Waals surface area contributed by atoms with Gasteiger partial charge in [0, 0.05) is 32.9 Å². The Morgan fingerprint density at radius 2 is 2.09 bits per heavy atom. The molecule has 22 heavy (non-hydrogen) atoms. The van der Waals surface area contributed by atoms with E-state index in [2.05, 4.69) is 10.3 Å². The molecule has 0 bridgehead atoms. The number of carbonyl (C=O) groups excluding carboxylic acids is 1. The van der Waals surface area contributed by atoms with E-state index in [1.54, 1.807) is 33.2 Å². The summed E-state index contributed by atoms with van der Waals surface area (Å²) >= 11 is 0. The molecule has 0 aliphatic carbocycles. The molecule has 0 aromatic carbocycles. The molecule has 2 aromatic heterocycles. The van der Waals surface area contributed by atoms with Gasteiger partial charge in [0.1, 0.15) is 22.8 Å². The van der Waals surface area contributed by atoms with Gasteiger partial charge in [-0.1, -0.05) is 0 Å². The molecule has 0 aliphatic rings. The van der Waals surface area contributed by atoms with Crippen molar-refractivity contribution in [2.45, 2.75) is 26.0 Å². The summed E-state index contributed by atoms with van der Waals surface area (Å²) in [7, 11) is 3.42. The molecule has 0 spiro atoms. The Morgan fingerprint density at radius 1 is 1.36 bits per heavy atom. The average Bonchev–Trinajstić information content (AvgIpc) is 3.07. The number of H-pyrrole nitrogens is 1. The third kappa shape index (κ3) is 3.78. The zero-order chi connectivity index (χ0) is 16.3. The van der Waals surface area contributed by atoms with Crippen molar-refractivity contribution < 1.29 is 14.3 Å². The van der Waals surface area contributed by atoms with Crippen molar-refractivity contribution in [3.05, 3.63) is 47.2 Å². The molecule has 2 heterocycles. The maximum atomic E-state index is 11.8. The van der Waals surface area contributed by atoms with Crippen LogP contribution in [-0.2, 0) is 12.1 Å². The number of furan rings is 1. The molecule has 0 fully saturated rings. The van der Waals surface area contributed by atoms with E-state index in [-0.39, 0.29) is 5.91 Å². The van der Waals surface area contributed by atoms with Crippen molar-refractivity contribution in [3.8, 4) is 0 Å². The molecule has 6 heteroatoms. The molecule has 2 aromatic rings. The molecule has 3 N–H and O–H groups in total. The smallest absolute Gasteiger partial charge is 0.269 e. The van der Waals surface area contributed by atoms with E-state index in [1.165, 1.54) is 4.90 Å². The molecular formula is C16H23N3O3. The monoisotopic (exact) mass is 305 g/mol. The van der Waals surface area contributed by atoms with Gasteiger partial charge in [-0.05, 0) is 38.1 Å². The molecule has 0 radical (unpaired) electrons. The lowest BCUT2D eigenvalue weighted by Gasteiger charge is -2.21. The number of aromatic nitrogens is 1. The van der Waals surface area contributed by atoms with Gasteiger partial charge in [-0.25, -0.2) is 0 Å². The first-order valence-corrected chi connectivity index (χ1v) is 7.19. The van der Waals surface area contributed by atoms with Gasteiger partial charge in [-0.2, -0.15) is 0 Å². The highest BCUT2D eigenvalue weighted by Crippen LogP contribution is 2.22. The van der Waals surface area contributed by atoms with Crippen LogP contribution in [0.2, 0.25) is 0 Å². The van der Waals surface area contributed by atoms with Crippen LogP contribution in [0.3, 0.4) is 0 Å². The lowest BCUT2D eigenvalue weighted by atomic mass is 10.0. The van der Waals surface area contributed by atoms with Gasteiger partial charge in [0.15, 0.2) is 0 Å². The Morgan fingerprint density at radius 3 is 2.68 bits per heavy atom. The summed E-state index contributed by atoms with van der Waals surface area (Å²) in [5, 5.41) is 13.6. The van der Waals surface area contributed by atoms with Gasteiger partial charge in [-0.15, -0.1) is 0 Å². The maximum Gasteiger partial charge on any atom is 0.269 e. The number of aromatic amines is 1. The van der Waals surface area contributed by atoms with Crippen LogP contribution in [0.25, 0.3) is 0 Å². The number of nitrogens with zero attached hydrogens (tertiary/aromatic N) is 1. The molecular weight excluding hydrogens is 282 g/mol. The van der Waals surface area contributed by atoms with Crippen LogP contribution in [0.1, 0.15) is 34.6 Å². The van der Waals surface area contributed by atoms with E-state index in [9.17, 15) is 9.90 Å². The summed E-state index contributed by atoms with van der Waals surface area (Å²) in [5.74, 6) is 1.24. The average molecular weight is 305 g/mol. The molecule has 2 rings (SSSR count). The Bertz CT molecular complexity index is 641. The van der Waals surface area contributed by atoms with E-state index >= 15 is 0 Å². The third-order valence-electron chi connectivity index (χ3n) is 3.44. The number of amides is 1. The molecule has 0 aliphatic heterocycles. The van der Waals surface area contributed by atoms with Gasteiger partial charge in [-0.3, -0.25) is 4.79 Å². The fraction of sp³-hybridized carbons (Fsp3) is 0.438. The van der Waals surface area contributed by atoms with E-state index in [0.717, 1.165) is 11.5 Å². The predicted molar refractivity (Wildman–Crippen MR) is 83.5 cm³/mol. The minimum absolute atomic E-state index is 0.0655. The third-order valence-corrected chi connectivity index (χ3v) is 3.44. The van der Waals surface area contributed by atoms with Crippen LogP contribution in [-0.4, -0.2) is 41.5 Å². The van der Waals surface area contributed by atoms with Gasteiger partial charge >= 0.3 is 0 Å². The molecule has 1 amide bonds. The highest BCUT2D eigenvalue weighted by molar-refractivity contribution is 5.92. The molecule has 120 valence electrons. The number of aliphatic hydroxyl groups is 1. The summed E-state index contributed by atoms with van der Waals surface area (Å²) in [4.78, 5) is 16.4. The second kappa shape index (κ2) is 6.37. The summed E-state index contributed by atoms with van der Waals surface area (Å²) in [6, 6.07) is 7.22. The highest BCUT2D eigenvalue weighted by Gasteiger charge is 2.26. The highest BCUT2D eigenvalue weighted by atomic mass is 16.4.